The van der Waals surface area contributed by atoms with Gasteiger partial charge in [0.1, 0.15) is 0 Å². The average Bonchev–Trinajstić information content (AvgIpc) is 2.81. The van der Waals surface area contributed by atoms with E-state index in [1.54, 1.807) is 16.2 Å². The van der Waals surface area contributed by atoms with Crippen LogP contribution in [-0.2, 0) is 21.9 Å². The average molecular weight is 319 g/mol. The van der Waals surface area contributed by atoms with Crippen LogP contribution < -0.4 is 11.5 Å². The Morgan fingerprint density at radius 3 is 2.40 bits per heavy atom. The molecule has 0 aliphatic heterocycles. The van der Waals surface area contributed by atoms with Crippen LogP contribution in [0.25, 0.3) is 0 Å². The standard InChI is InChI=1S/C12H19ClN4O2S/c13-5-9-8-20-12(16-9)3-1-2-4-17(6-10(14)18)7-11(15)19/h8H,1-7H2,(H2,14,18)(H2,15,19). The van der Waals surface area contributed by atoms with Gasteiger partial charge in [-0.15, -0.1) is 22.9 Å². The third-order valence-electron chi connectivity index (χ3n) is 2.61. The molecule has 0 saturated carbocycles. The minimum absolute atomic E-state index is 0.0522. The van der Waals surface area contributed by atoms with Crippen molar-refractivity contribution in [3.05, 3.63) is 16.1 Å². The molecule has 1 heterocycles. The molecule has 112 valence electrons. The number of carbonyl (C=O) groups is 2. The maximum absolute atomic E-state index is 10.9. The van der Waals surface area contributed by atoms with Gasteiger partial charge in [-0.25, -0.2) is 4.98 Å². The number of halogens is 1. The predicted octanol–water partition coefficient (Wildman–Crippen LogP) is 0.477. The summed E-state index contributed by atoms with van der Waals surface area (Å²) >= 11 is 7.29. The van der Waals surface area contributed by atoms with Crippen LogP contribution in [0.15, 0.2) is 5.38 Å². The van der Waals surface area contributed by atoms with Gasteiger partial charge in [0.2, 0.25) is 11.8 Å². The van der Waals surface area contributed by atoms with Crippen LogP contribution in [0.2, 0.25) is 0 Å². The molecule has 0 aliphatic rings. The van der Waals surface area contributed by atoms with E-state index in [-0.39, 0.29) is 13.1 Å². The van der Waals surface area contributed by atoms with E-state index in [0.717, 1.165) is 30.0 Å². The monoisotopic (exact) mass is 318 g/mol. The number of nitrogens with zero attached hydrogens (tertiary/aromatic N) is 2. The summed E-state index contributed by atoms with van der Waals surface area (Å²) in [5.41, 5.74) is 11.2. The topological polar surface area (TPSA) is 102 Å². The van der Waals surface area contributed by atoms with Crippen molar-refractivity contribution in [1.29, 1.82) is 0 Å². The van der Waals surface area contributed by atoms with Gasteiger partial charge in [0, 0.05) is 5.38 Å². The fourth-order valence-electron chi connectivity index (χ4n) is 1.79. The van der Waals surface area contributed by atoms with E-state index in [2.05, 4.69) is 4.98 Å². The summed E-state index contributed by atoms with van der Waals surface area (Å²) < 4.78 is 0. The largest absolute Gasteiger partial charge is 0.369 e. The molecule has 0 fully saturated rings. The number of aromatic nitrogens is 1. The summed E-state index contributed by atoms with van der Waals surface area (Å²) in [5, 5.41) is 3.01. The van der Waals surface area contributed by atoms with E-state index in [1.807, 2.05) is 5.38 Å². The molecule has 0 bridgehead atoms. The first-order valence-corrected chi connectivity index (χ1v) is 7.71. The molecule has 0 aromatic carbocycles. The number of amides is 2. The Labute approximate surface area is 127 Å². The zero-order chi connectivity index (χ0) is 15.0. The Morgan fingerprint density at radius 1 is 1.25 bits per heavy atom. The number of rotatable bonds is 10. The second-order valence-corrected chi connectivity index (χ2v) is 5.68. The van der Waals surface area contributed by atoms with E-state index in [9.17, 15) is 9.59 Å². The van der Waals surface area contributed by atoms with Crippen LogP contribution in [0.4, 0.5) is 0 Å². The summed E-state index contributed by atoms with van der Waals surface area (Å²) in [5.74, 6) is -0.488. The van der Waals surface area contributed by atoms with Crippen molar-refractivity contribution in [3.8, 4) is 0 Å². The van der Waals surface area contributed by atoms with Gasteiger partial charge >= 0.3 is 0 Å². The first kappa shape index (κ1) is 16.9. The molecule has 0 aliphatic carbocycles. The molecule has 2 amide bonds. The highest BCUT2D eigenvalue weighted by Gasteiger charge is 2.11. The first-order chi connectivity index (χ1) is 9.51. The minimum atomic E-state index is -0.460. The molecule has 1 aromatic heterocycles. The minimum Gasteiger partial charge on any atom is -0.369 e. The molecule has 1 aromatic rings. The number of hydrogen-bond donors (Lipinski definition) is 2. The smallest absolute Gasteiger partial charge is 0.231 e. The molecular weight excluding hydrogens is 300 g/mol. The molecule has 0 saturated heterocycles. The summed E-state index contributed by atoms with van der Waals surface area (Å²) in [6.07, 6.45) is 2.63. The summed E-state index contributed by atoms with van der Waals surface area (Å²) in [6, 6.07) is 0. The lowest BCUT2D eigenvalue weighted by molar-refractivity contribution is -0.121. The quantitative estimate of drug-likeness (QED) is 0.483. The van der Waals surface area contributed by atoms with Crippen molar-refractivity contribution in [1.82, 2.24) is 9.88 Å². The van der Waals surface area contributed by atoms with Gasteiger partial charge < -0.3 is 11.5 Å². The SMILES string of the molecule is NC(=O)CN(CCCCc1nc(CCl)cs1)CC(N)=O. The van der Waals surface area contributed by atoms with Gasteiger partial charge in [-0.2, -0.15) is 0 Å². The third-order valence-corrected chi connectivity index (χ3v) is 3.84. The highest BCUT2D eigenvalue weighted by Crippen LogP contribution is 2.14. The molecule has 1 rings (SSSR count). The third kappa shape index (κ3) is 6.83. The highest BCUT2D eigenvalue weighted by atomic mass is 35.5. The summed E-state index contributed by atoms with van der Waals surface area (Å²) in [6.45, 7) is 0.715. The molecule has 0 unspecified atom stereocenters. The number of unbranched alkanes of at least 4 members (excludes halogenated alkanes) is 1. The Kier molecular flexibility index (Phi) is 7.50. The van der Waals surface area contributed by atoms with Crippen molar-refractivity contribution in [2.45, 2.75) is 25.1 Å². The Balaban J connectivity index is 2.28. The molecule has 0 spiro atoms. The van der Waals surface area contributed by atoms with Crippen molar-refractivity contribution in [2.24, 2.45) is 11.5 Å². The van der Waals surface area contributed by atoms with Crippen LogP contribution in [0.3, 0.4) is 0 Å². The van der Waals surface area contributed by atoms with Crippen molar-refractivity contribution in [2.75, 3.05) is 19.6 Å². The fraction of sp³-hybridized carbons (Fsp3) is 0.583. The zero-order valence-corrected chi connectivity index (χ0v) is 12.8. The molecular formula is C12H19ClN4O2S. The van der Waals surface area contributed by atoms with E-state index in [0.29, 0.717) is 12.4 Å². The lowest BCUT2D eigenvalue weighted by Gasteiger charge is -2.18. The van der Waals surface area contributed by atoms with Gasteiger partial charge in [0.05, 0.1) is 29.7 Å². The van der Waals surface area contributed by atoms with Crippen LogP contribution in [-0.4, -0.2) is 41.3 Å². The van der Waals surface area contributed by atoms with E-state index >= 15 is 0 Å². The van der Waals surface area contributed by atoms with Crippen LogP contribution >= 0.6 is 22.9 Å². The van der Waals surface area contributed by atoms with E-state index in [4.69, 9.17) is 23.1 Å². The van der Waals surface area contributed by atoms with Crippen molar-refractivity contribution < 1.29 is 9.59 Å². The fourth-order valence-corrected chi connectivity index (χ4v) is 2.86. The second-order valence-electron chi connectivity index (χ2n) is 4.47. The Morgan fingerprint density at radius 2 is 1.90 bits per heavy atom. The number of primary amides is 2. The van der Waals surface area contributed by atoms with E-state index in [1.165, 1.54) is 0 Å². The van der Waals surface area contributed by atoms with Crippen LogP contribution in [0, 0.1) is 0 Å². The Bertz CT molecular complexity index is 436. The number of thiazole rings is 1. The van der Waals surface area contributed by atoms with Crippen molar-refractivity contribution >= 4 is 34.8 Å². The number of nitrogens with two attached hydrogens (primary N) is 2. The number of aryl methyl sites for hydroxylation is 1. The first-order valence-electron chi connectivity index (χ1n) is 6.29. The number of carbonyl (C=O) groups excluding carboxylic acids is 2. The molecule has 8 heteroatoms. The van der Waals surface area contributed by atoms with Crippen molar-refractivity contribution in [3.63, 3.8) is 0 Å². The van der Waals surface area contributed by atoms with Gasteiger partial charge in [0.15, 0.2) is 0 Å². The Hall–Kier alpha value is -1.18. The maximum Gasteiger partial charge on any atom is 0.231 e. The van der Waals surface area contributed by atoms with Crippen LogP contribution in [0.1, 0.15) is 23.5 Å². The molecule has 6 nitrogen and oxygen atoms in total. The van der Waals surface area contributed by atoms with Gasteiger partial charge in [0.25, 0.3) is 0 Å². The van der Waals surface area contributed by atoms with Gasteiger partial charge in [-0.05, 0) is 25.8 Å². The van der Waals surface area contributed by atoms with Crippen LogP contribution in [0.5, 0.6) is 0 Å². The molecule has 4 N–H and O–H groups in total. The molecule has 0 radical (unpaired) electrons. The van der Waals surface area contributed by atoms with E-state index < -0.39 is 11.8 Å². The normalized spacial score (nSPS) is 10.9. The van der Waals surface area contributed by atoms with Gasteiger partial charge in [-0.1, -0.05) is 0 Å². The molecule has 20 heavy (non-hydrogen) atoms. The number of hydrogen-bond acceptors (Lipinski definition) is 5. The lowest BCUT2D eigenvalue weighted by Crippen LogP contribution is -2.40. The highest BCUT2D eigenvalue weighted by molar-refractivity contribution is 7.09. The zero-order valence-electron chi connectivity index (χ0n) is 11.2. The maximum atomic E-state index is 10.9. The lowest BCUT2D eigenvalue weighted by atomic mass is 10.2. The van der Waals surface area contributed by atoms with Gasteiger partial charge in [-0.3, -0.25) is 14.5 Å². The second kappa shape index (κ2) is 8.89. The summed E-state index contributed by atoms with van der Waals surface area (Å²) in [4.78, 5) is 27.8. The predicted molar refractivity (Wildman–Crippen MR) is 79.4 cm³/mol. The number of alkyl halides is 1. The summed E-state index contributed by atoms with van der Waals surface area (Å²) in [7, 11) is 0. The molecule has 0 atom stereocenters.